The normalized spacial score (nSPS) is 20.6. The van der Waals surface area contributed by atoms with Gasteiger partial charge in [-0.2, -0.15) is 0 Å². The lowest BCUT2D eigenvalue weighted by molar-refractivity contribution is -0.144. The summed E-state index contributed by atoms with van der Waals surface area (Å²) in [6, 6.07) is 5.61. The van der Waals surface area contributed by atoms with E-state index in [4.69, 9.17) is 9.47 Å². The lowest BCUT2D eigenvalue weighted by Crippen LogP contribution is -2.55. The fraction of sp³-hybridized carbons (Fsp3) is 0.375. The lowest BCUT2D eigenvalue weighted by atomic mass is 9.98. The highest BCUT2D eigenvalue weighted by molar-refractivity contribution is 7.21. The van der Waals surface area contributed by atoms with Crippen LogP contribution >= 0.6 is 11.3 Å². The Morgan fingerprint density at radius 2 is 2.22 bits per heavy atom. The second-order valence-corrected chi connectivity index (χ2v) is 6.61. The number of methoxy groups -OCH3 is 1. The van der Waals surface area contributed by atoms with Crippen LogP contribution in [0.4, 0.5) is 0 Å². The van der Waals surface area contributed by atoms with Gasteiger partial charge in [-0.1, -0.05) is 0 Å². The number of hydrogen-bond acceptors (Lipinski definition) is 5. The molecule has 0 saturated carbocycles. The van der Waals surface area contributed by atoms with Crippen molar-refractivity contribution in [3.63, 3.8) is 0 Å². The molecule has 23 heavy (non-hydrogen) atoms. The van der Waals surface area contributed by atoms with Crippen LogP contribution in [0.2, 0.25) is 0 Å². The molecule has 1 aliphatic heterocycles. The molecule has 1 amide bonds. The Labute approximate surface area is 137 Å². The molecule has 0 bridgehead atoms. The molecule has 1 aliphatic rings. The number of carbonyl (C=O) groups excluding carboxylic acids is 1. The molecule has 2 aromatic rings. The zero-order valence-corrected chi connectivity index (χ0v) is 13.7. The van der Waals surface area contributed by atoms with Crippen molar-refractivity contribution in [3.8, 4) is 5.75 Å². The van der Waals surface area contributed by atoms with E-state index in [1.807, 2.05) is 25.1 Å². The fourth-order valence-electron chi connectivity index (χ4n) is 2.70. The van der Waals surface area contributed by atoms with E-state index in [0.717, 1.165) is 21.4 Å². The summed E-state index contributed by atoms with van der Waals surface area (Å²) in [5, 5.41) is 13.0. The topological polar surface area (TPSA) is 84.9 Å². The van der Waals surface area contributed by atoms with E-state index in [9.17, 15) is 14.7 Å². The van der Waals surface area contributed by atoms with E-state index >= 15 is 0 Å². The van der Waals surface area contributed by atoms with Gasteiger partial charge in [0, 0.05) is 17.7 Å². The van der Waals surface area contributed by atoms with E-state index in [-0.39, 0.29) is 18.9 Å². The number of benzene rings is 1. The summed E-state index contributed by atoms with van der Waals surface area (Å²) in [4.78, 5) is 24.6. The number of fused-ring (bicyclic) bond motifs is 1. The standard InChI is InChI=1S/C16H17NO5S/c1-9-11-7-10(21-2)3-4-12(11)23-13(9)14(18)17-16(15(19)20)5-6-22-8-16/h3-4,7H,5-6,8H2,1-2H3,(H,17,18)(H,19,20). The molecule has 6 nitrogen and oxygen atoms in total. The third-order valence-corrected chi connectivity index (χ3v) is 5.41. The first-order chi connectivity index (χ1) is 11.0. The highest BCUT2D eigenvalue weighted by atomic mass is 32.1. The number of aliphatic carboxylic acids is 1. The summed E-state index contributed by atoms with van der Waals surface area (Å²) in [5.74, 6) is -0.726. The summed E-state index contributed by atoms with van der Waals surface area (Å²) in [5.41, 5.74) is -0.516. The second-order valence-electron chi connectivity index (χ2n) is 5.56. The molecule has 0 spiro atoms. The molecular weight excluding hydrogens is 318 g/mol. The number of carbonyl (C=O) groups is 2. The molecule has 1 atom stereocenters. The van der Waals surface area contributed by atoms with Crippen molar-refractivity contribution in [2.75, 3.05) is 20.3 Å². The molecule has 2 N–H and O–H groups in total. The van der Waals surface area contributed by atoms with Crippen molar-refractivity contribution in [2.45, 2.75) is 18.9 Å². The molecule has 1 saturated heterocycles. The zero-order chi connectivity index (χ0) is 16.6. The second kappa shape index (κ2) is 5.82. The van der Waals surface area contributed by atoms with Crippen LogP contribution in [-0.4, -0.2) is 42.8 Å². The van der Waals surface area contributed by atoms with Crippen LogP contribution in [0.5, 0.6) is 5.75 Å². The number of nitrogens with one attached hydrogen (secondary N) is 1. The third-order valence-electron chi connectivity index (χ3n) is 4.13. The molecule has 1 fully saturated rings. The van der Waals surface area contributed by atoms with Gasteiger partial charge in [0.05, 0.1) is 18.6 Å². The van der Waals surface area contributed by atoms with Gasteiger partial charge in [-0.15, -0.1) is 11.3 Å². The Morgan fingerprint density at radius 1 is 1.43 bits per heavy atom. The van der Waals surface area contributed by atoms with E-state index in [1.165, 1.54) is 11.3 Å². The maximum absolute atomic E-state index is 12.6. The van der Waals surface area contributed by atoms with E-state index in [2.05, 4.69) is 5.32 Å². The third kappa shape index (κ3) is 2.66. The molecule has 1 unspecified atom stereocenters. The first-order valence-electron chi connectivity index (χ1n) is 7.17. The number of hydrogen-bond donors (Lipinski definition) is 2. The molecular formula is C16H17NO5S. The van der Waals surface area contributed by atoms with Gasteiger partial charge in [-0.25, -0.2) is 4.79 Å². The van der Waals surface area contributed by atoms with Crippen molar-refractivity contribution in [2.24, 2.45) is 0 Å². The molecule has 0 aliphatic carbocycles. The Balaban J connectivity index is 1.95. The van der Waals surface area contributed by atoms with Gasteiger partial charge in [0.2, 0.25) is 0 Å². The summed E-state index contributed by atoms with van der Waals surface area (Å²) in [7, 11) is 1.59. The minimum atomic E-state index is -1.34. The first kappa shape index (κ1) is 15.8. The lowest BCUT2D eigenvalue weighted by Gasteiger charge is -2.23. The molecule has 122 valence electrons. The number of amides is 1. The average molecular weight is 335 g/mol. The van der Waals surface area contributed by atoms with Gasteiger partial charge in [0.1, 0.15) is 5.75 Å². The summed E-state index contributed by atoms with van der Waals surface area (Å²) < 4.78 is 11.3. The first-order valence-corrected chi connectivity index (χ1v) is 7.99. The van der Waals surface area contributed by atoms with E-state index in [0.29, 0.717) is 11.5 Å². The maximum atomic E-state index is 12.6. The van der Waals surface area contributed by atoms with Gasteiger partial charge in [0.25, 0.3) is 5.91 Å². The van der Waals surface area contributed by atoms with Crippen LogP contribution in [0.3, 0.4) is 0 Å². The molecule has 0 radical (unpaired) electrons. The number of aryl methyl sites for hydroxylation is 1. The summed E-state index contributed by atoms with van der Waals surface area (Å²) >= 11 is 1.34. The van der Waals surface area contributed by atoms with Crippen LogP contribution in [0.15, 0.2) is 18.2 Å². The SMILES string of the molecule is COc1ccc2sc(C(=O)NC3(C(=O)O)CCOC3)c(C)c2c1. The highest BCUT2D eigenvalue weighted by Gasteiger charge is 2.44. The molecule has 1 aromatic heterocycles. The summed E-state index contributed by atoms with van der Waals surface area (Å²) in [6.45, 7) is 2.17. The van der Waals surface area contributed by atoms with Gasteiger partial charge in [0.15, 0.2) is 5.54 Å². The predicted octanol–water partition coefficient (Wildman–Crippen LogP) is 2.19. The van der Waals surface area contributed by atoms with Crippen molar-refractivity contribution in [3.05, 3.63) is 28.6 Å². The van der Waals surface area contributed by atoms with Crippen LogP contribution in [0.25, 0.3) is 10.1 Å². The smallest absolute Gasteiger partial charge is 0.331 e. The number of rotatable bonds is 4. The van der Waals surface area contributed by atoms with Crippen LogP contribution in [0.1, 0.15) is 21.7 Å². The minimum Gasteiger partial charge on any atom is -0.497 e. The van der Waals surface area contributed by atoms with Crippen molar-refractivity contribution in [1.29, 1.82) is 0 Å². The Bertz CT molecular complexity index is 776. The number of carboxylic acid groups (broad SMARTS) is 1. The Kier molecular flexibility index (Phi) is 3.99. The van der Waals surface area contributed by atoms with E-state index in [1.54, 1.807) is 7.11 Å². The fourth-order valence-corrected chi connectivity index (χ4v) is 3.79. The van der Waals surface area contributed by atoms with Crippen LogP contribution < -0.4 is 10.1 Å². The summed E-state index contributed by atoms with van der Waals surface area (Å²) in [6.07, 6.45) is 0.270. The van der Waals surface area contributed by atoms with Crippen molar-refractivity contribution in [1.82, 2.24) is 5.32 Å². The minimum absolute atomic E-state index is 0.00810. The van der Waals surface area contributed by atoms with Crippen molar-refractivity contribution >= 4 is 33.3 Å². The highest BCUT2D eigenvalue weighted by Crippen LogP contribution is 2.34. The number of carboxylic acids is 1. The number of ether oxygens (including phenoxy) is 2. The van der Waals surface area contributed by atoms with Crippen LogP contribution in [0, 0.1) is 6.92 Å². The zero-order valence-electron chi connectivity index (χ0n) is 12.8. The largest absolute Gasteiger partial charge is 0.497 e. The van der Waals surface area contributed by atoms with E-state index < -0.39 is 11.5 Å². The molecule has 1 aromatic carbocycles. The van der Waals surface area contributed by atoms with Gasteiger partial charge < -0.3 is 19.9 Å². The van der Waals surface area contributed by atoms with Crippen LogP contribution in [-0.2, 0) is 9.53 Å². The average Bonchev–Trinajstić information content (AvgIpc) is 3.13. The monoisotopic (exact) mass is 335 g/mol. The Morgan fingerprint density at radius 3 is 2.83 bits per heavy atom. The van der Waals surface area contributed by atoms with Gasteiger partial charge in [-0.3, -0.25) is 4.79 Å². The Hall–Kier alpha value is -2.12. The quantitative estimate of drug-likeness (QED) is 0.895. The molecule has 2 heterocycles. The predicted molar refractivity (Wildman–Crippen MR) is 86.4 cm³/mol. The number of thiophene rings is 1. The van der Waals surface area contributed by atoms with Gasteiger partial charge >= 0.3 is 5.97 Å². The van der Waals surface area contributed by atoms with Gasteiger partial charge in [-0.05, 0) is 36.1 Å². The molecule has 3 rings (SSSR count). The maximum Gasteiger partial charge on any atom is 0.331 e. The van der Waals surface area contributed by atoms with Crippen molar-refractivity contribution < 1.29 is 24.2 Å². The molecule has 7 heteroatoms.